The molecule has 20 heavy (non-hydrogen) atoms. The molecule has 1 fully saturated rings. The molecule has 1 aliphatic rings. The van der Waals surface area contributed by atoms with E-state index < -0.39 is 6.61 Å². The number of halogens is 2. The van der Waals surface area contributed by atoms with Crippen LogP contribution in [0.1, 0.15) is 38.7 Å². The molecule has 0 amide bonds. The van der Waals surface area contributed by atoms with Crippen LogP contribution in [0.5, 0.6) is 5.75 Å². The third kappa shape index (κ3) is 4.75. The Morgan fingerprint density at radius 3 is 2.55 bits per heavy atom. The van der Waals surface area contributed by atoms with Crippen LogP contribution in [0, 0.1) is 5.92 Å². The van der Waals surface area contributed by atoms with Gasteiger partial charge in [0.1, 0.15) is 5.75 Å². The highest BCUT2D eigenvalue weighted by atomic mass is 19.3. The minimum Gasteiger partial charge on any atom is -0.435 e. The van der Waals surface area contributed by atoms with Gasteiger partial charge in [0.15, 0.2) is 0 Å². The van der Waals surface area contributed by atoms with Gasteiger partial charge in [-0.1, -0.05) is 25.5 Å². The topological polar surface area (TPSA) is 21.3 Å². The molecule has 0 bridgehead atoms. The first-order valence-electron chi connectivity index (χ1n) is 7.38. The molecule has 4 heteroatoms. The lowest BCUT2D eigenvalue weighted by Gasteiger charge is -2.14. The van der Waals surface area contributed by atoms with E-state index in [4.69, 9.17) is 0 Å². The minimum absolute atomic E-state index is 0.221. The Hall–Kier alpha value is -1.16. The third-order valence-corrected chi connectivity index (χ3v) is 3.96. The predicted octanol–water partition coefficient (Wildman–Crippen LogP) is 4.00. The van der Waals surface area contributed by atoms with Crippen molar-refractivity contribution in [3.63, 3.8) is 0 Å². The number of hydrogen-bond donors (Lipinski definition) is 1. The molecule has 2 nitrogen and oxygen atoms in total. The largest absolute Gasteiger partial charge is 0.435 e. The summed E-state index contributed by atoms with van der Waals surface area (Å²) in [5.74, 6) is 1.09. The normalized spacial score (nSPS) is 22.9. The zero-order valence-electron chi connectivity index (χ0n) is 12.1. The van der Waals surface area contributed by atoms with E-state index in [1.807, 2.05) is 12.1 Å². The number of alkyl halides is 2. The molecule has 1 N–H and O–H groups in total. The van der Waals surface area contributed by atoms with Crippen LogP contribution in [0.15, 0.2) is 24.3 Å². The van der Waals surface area contributed by atoms with Gasteiger partial charge in [-0.2, -0.15) is 8.78 Å². The van der Waals surface area contributed by atoms with Crippen LogP contribution in [0.4, 0.5) is 8.78 Å². The van der Waals surface area contributed by atoms with Gasteiger partial charge >= 0.3 is 6.61 Å². The van der Waals surface area contributed by atoms with Gasteiger partial charge < -0.3 is 10.1 Å². The van der Waals surface area contributed by atoms with Gasteiger partial charge in [-0.05, 0) is 49.8 Å². The lowest BCUT2D eigenvalue weighted by molar-refractivity contribution is -0.0498. The van der Waals surface area contributed by atoms with E-state index >= 15 is 0 Å². The Morgan fingerprint density at radius 2 is 2.00 bits per heavy atom. The fraction of sp³-hybridized carbons (Fsp3) is 0.625. The molecule has 1 saturated carbocycles. The lowest BCUT2D eigenvalue weighted by atomic mass is 10.1. The zero-order chi connectivity index (χ0) is 14.5. The molecule has 1 aromatic rings. The summed E-state index contributed by atoms with van der Waals surface area (Å²) in [6, 6.07) is 8.12. The van der Waals surface area contributed by atoms with Crippen molar-refractivity contribution in [1.82, 2.24) is 5.32 Å². The molecule has 0 spiro atoms. The fourth-order valence-corrected chi connectivity index (χ4v) is 2.57. The van der Waals surface area contributed by atoms with Crippen molar-refractivity contribution in [3.05, 3.63) is 29.8 Å². The molecule has 2 rings (SSSR count). The summed E-state index contributed by atoms with van der Waals surface area (Å²) in [7, 11) is 0. The van der Waals surface area contributed by atoms with E-state index in [1.54, 1.807) is 12.1 Å². The Labute approximate surface area is 119 Å². The number of nitrogens with one attached hydrogen (secondary N) is 1. The summed E-state index contributed by atoms with van der Waals surface area (Å²) in [6.07, 6.45) is 4.57. The number of aryl methyl sites for hydroxylation is 1. The maximum atomic E-state index is 12.0. The van der Waals surface area contributed by atoms with E-state index in [2.05, 4.69) is 23.9 Å². The van der Waals surface area contributed by atoms with Gasteiger partial charge in [-0.15, -0.1) is 0 Å². The molecule has 0 heterocycles. The summed E-state index contributed by atoms with van der Waals surface area (Å²) in [5, 5.41) is 3.64. The van der Waals surface area contributed by atoms with Crippen molar-refractivity contribution in [3.8, 4) is 5.75 Å². The Kier molecular flexibility index (Phi) is 5.35. The van der Waals surface area contributed by atoms with Gasteiger partial charge in [0.25, 0.3) is 0 Å². The first-order valence-corrected chi connectivity index (χ1v) is 7.38. The van der Waals surface area contributed by atoms with E-state index in [0.717, 1.165) is 24.3 Å². The molecule has 3 unspecified atom stereocenters. The van der Waals surface area contributed by atoms with E-state index in [-0.39, 0.29) is 5.75 Å². The van der Waals surface area contributed by atoms with Gasteiger partial charge in [0.2, 0.25) is 0 Å². The van der Waals surface area contributed by atoms with Crippen LogP contribution >= 0.6 is 0 Å². The quantitative estimate of drug-likeness (QED) is 0.778. The SMILES string of the molecule is CCC1CC1NC(C)CCc1ccc(OC(F)F)cc1. The van der Waals surface area contributed by atoms with Gasteiger partial charge in [0.05, 0.1) is 0 Å². The summed E-state index contributed by atoms with van der Waals surface area (Å²) < 4.78 is 28.4. The van der Waals surface area contributed by atoms with Crippen molar-refractivity contribution in [2.45, 2.75) is 58.2 Å². The first kappa shape index (κ1) is 15.2. The van der Waals surface area contributed by atoms with Gasteiger partial charge in [0, 0.05) is 12.1 Å². The smallest absolute Gasteiger partial charge is 0.387 e. The summed E-state index contributed by atoms with van der Waals surface area (Å²) >= 11 is 0. The average Bonchev–Trinajstić information content (AvgIpc) is 3.15. The van der Waals surface area contributed by atoms with Crippen molar-refractivity contribution >= 4 is 0 Å². The Balaban J connectivity index is 1.70. The van der Waals surface area contributed by atoms with Crippen molar-refractivity contribution in [2.24, 2.45) is 5.92 Å². The third-order valence-electron chi connectivity index (χ3n) is 3.96. The fourth-order valence-electron chi connectivity index (χ4n) is 2.57. The number of rotatable bonds is 8. The minimum atomic E-state index is -2.75. The zero-order valence-corrected chi connectivity index (χ0v) is 12.1. The molecule has 0 radical (unpaired) electrons. The van der Waals surface area contributed by atoms with E-state index in [0.29, 0.717) is 12.1 Å². The van der Waals surface area contributed by atoms with E-state index in [9.17, 15) is 8.78 Å². The molecular weight excluding hydrogens is 260 g/mol. The van der Waals surface area contributed by atoms with Gasteiger partial charge in [-0.3, -0.25) is 0 Å². The second-order valence-electron chi connectivity index (χ2n) is 5.64. The molecule has 0 aliphatic heterocycles. The number of ether oxygens (including phenoxy) is 1. The van der Waals surface area contributed by atoms with Crippen LogP contribution in [-0.4, -0.2) is 18.7 Å². The predicted molar refractivity (Wildman–Crippen MR) is 76.2 cm³/mol. The lowest BCUT2D eigenvalue weighted by Crippen LogP contribution is -2.29. The maximum Gasteiger partial charge on any atom is 0.387 e. The Bertz CT molecular complexity index is 407. The molecule has 3 atom stereocenters. The summed E-state index contributed by atoms with van der Waals surface area (Å²) in [4.78, 5) is 0. The van der Waals surface area contributed by atoms with Crippen LogP contribution in [0.2, 0.25) is 0 Å². The highest BCUT2D eigenvalue weighted by Crippen LogP contribution is 2.33. The van der Waals surface area contributed by atoms with Crippen LogP contribution in [-0.2, 0) is 6.42 Å². The number of hydrogen-bond acceptors (Lipinski definition) is 2. The van der Waals surface area contributed by atoms with Gasteiger partial charge in [-0.25, -0.2) is 0 Å². The molecule has 0 aromatic heterocycles. The number of benzene rings is 1. The van der Waals surface area contributed by atoms with Crippen molar-refractivity contribution in [2.75, 3.05) is 0 Å². The molecule has 1 aromatic carbocycles. The second kappa shape index (κ2) is 7.02. The van der Waals surface area contributed by atoms with E-state index in [1.165, 1.54) is 12.8 Å². The average molecular weight is 283 g/mol. The monoisotopic (exact) mass is 283 g/mol. The highest BCUT2D eigenvalue weighted by Gasteiger charge is 2.35. The standard InChI is InChI=1S/C16H23F2NO/c1-3-13-10-15(13)19-11(2)4-5-12-6-8-14(9-7-12)20-16(17)18/h6-9,11,13,15-16,19H,3-5,10H2,1-2H3. The molecule has 0 saturated heterocycles. The molecule has 1 aliphatic carbocycles. The van der Waals surface area contributed by atoms with Crippen molar-refractivity contribution < 1.29 is 13.5 Å². The summed E-state index contributed by atoms with van der Waals surface area (Å²) in [5.41, 5.74) is 1.16. The second-order valence-corrected chi connectivity index (χ2v) is 5.64. The van der Waals surface area contributed by atoms with Crippen LogP contribution in [0.3, 0.4) is 0 Å². The first-order chi connectivity index (χ1) is 9.58. The Morgan fingerprint density at radius 1 is 1.30 bits per heavy atom. The highest BCUT2D eigenvalue weighted by molar-refractivity contribution is 5.27. The molecule has 112 valence electrons. The van der Waals surface area contributed by atoms with Crippen molar-refractivity contribution in [1.29, 1.82) is 0 Å². The maximum absolute atomic E-state index is 12.0. The van der Waals surface area contributed by atoms with Crippen LogP contribution in [0.25, 0.3) is 0 Å². The van der Waals surface area contributed by atoms with Crippen LogP contribution < -0.4 is 10.1 Å². The summed E-state index contributed by atoms with van der Waals surface area (Å²) in [6.45, 7) is 1.69. The molecular formula is C16H23F2NO.